The van der Waals surface area contributed by atoms with E-state index in [4.69, 9.17) is 24.4 Å². The Morgan fingerprint density at radius 3 is 1.40 bits per heavy atom. The van der Waals surface area contributed by atoms with Gasteiger partial charge in [0.1, 0.15) is 28.1 Å². The fraction of sp³-hybridized carbons (Fsp3) is 0.727. The molecule has 2 aliphatic heterocycles. The van der Waals surface area contributed by atoms with E-state index in [1.807, 2.05) is 12.1 Å². The first-order valence-electron chi connectivity index (χ1n) is 20.6. The first kappa shape index (κ1) is 48.6. The number of halogens is 3. The van der Waals surface area contributed by atoms with E-state index in [2.05, 4.69) is 85.1 Å². The van der Waals surface area contributed by atoms with Gasteiger partial charge in [-0.3, -0.25) is 0 Å². The van der Waals surface area contributed by atoms with Gasteiger partial charge in [0, 0.05) is 11.9 Å². The van der Waals surface area contributed by atoms with Crippen LogP contribution in [-0.4, -0.2) is 70.2 Å². The highest BCUT2D eigenvalue weighted by molar-refractivity contribution is 6.90. The molecular weight excluding hydrogens is 772 g/mol. The summed E-state index contributed by atoms with van der Waals surface area (Å²) in [5.74, 6) is 2.11. The van der Waals surface area contributed by atoms with Crippen LogP contribution in [0.15, 0.2) is 48.5 Å². The molecule has 2 N–H and O–H groups in total. The fourth-order valence-electron chi connectivity index (χ4n) is 12.3. The van der Waals surface area contributed by atoms with Gasteiger partial charge < -0.3 is 28.6 Å². The van der Waals surface area contributed by atoms with Crippen LogP contribution in [0, 0.1) is 46.1 Å². The normalized spacial score (nSPS) is 33.8. The number of nitrogens with two attached hydrogens (primary N) is 1. The van der Waals surface area contributed by atoms with Crippen molar-refractivity contribution in [1.82, 2.24) is 4.23 Å². The Labute approximate surface area is 354 Å². The van der Waals surface area contributed by atoms with Crippen LogP contribution in [0.1, 0.15) is 93.2 Å². The van der Waals surface area contributed by atoms with Gasteiger partial charge in [0.05, 0.1) is 23.4 Å². The van der Waals surface area contributed by atoms with E-state index in [0.717, 1.165) is 42.2 Å². The van der Waals surface area contributed by atoms with Gasteiger partial charge in [-0.2, -0.15) is 0 Å². The molecule has 0 aromatic heterocycles. The maximum Gasteiger partial charge on any atom is 0.475 e. The summed E-state index contributed by atoms with van der Waals surface area (Å²) in [6.45, 7) is 28.7. The first-order chi connectivity index (χ1) is 24.9. The zero-order valence-corrected chi connectivity index (χ0v) is 38.3. The molecule has 2 aromatic carbocycles. The van der Waals surface area contributed by atoms with Gasteiger partial charge in [0.15, 0.2) is 0 Å². The van der Waals surface area contributed by atoms with E-state index >= 15 is 0 Å². The predicted molar refractivity (Wildman–Crippen MR) is 241 cm³/mol. The van der Waals surface area contributed by atoms with E-state index in [1.54, 1.807) is 24.3 Å². The second-order valence-corrected chi connectivity index (χ2v) is 31.4. The molecule has 13 heteroatoms. The van der Waals surface area contributed by atoms with Crippen molar-refractivity contribution in [2.45, 2.75) is 169 Å². The van der Waals surface area contributed by atoms with Crippen molar-refractivity contribution >= 4 is 43.1 Å². The molecule has 8 aliphatic rings. The summed E-state index contributed by atoms with van der Waals surface area (Å²) in [6.07, 6.45) is 6.50. The standard InChI is InChI=1S/C24H41BFNO2Si2.C18H25BFNO2.2CH4.ClH/c1-23(2)18-15-20(23)24(3)21(16-18)28-25(29-24)22(14-17-10-12-19(26)13-11-17)27(30(4,5)6)31(7,8)9;1-17(2)12-9-14(17)18(3)15(10-12)22-19(23-18)16(21)8-11-4-6-13(20)7-5-11;;;/h10-13,18,20-22H,14-16H2,1-9H3;4-7,12,14-16H,8-10,21H2,1-3H3;2*1H4;1H/t18-,20-,21+,22-,24-;12-,14-,15+,16-,18-;;;/m00.../s1. The minimum Gasteiger partial charge on any atom is -0.404 e. The third kappa shape index (κ3) is 8.70. The van der Waals surface area contributed by atoms with Crippen molar-refractivity contribution in [2.75, 3.05) is 0 Å². The Kier molecular flexibility index (Phi) is 14.2. The number of nitrogens with zero attached hydrogens (tertiary/aromatic N) is 1. The minimum absolute atomic E-state index is 0. The summed E-state index contributed by atoms with van der Waals surface area (Å²) < 4.78 is 55.8. The molecule has 10 atom stereocenters. The lowest BCUT2D eigenvalue weighted by molar-refractivity contribution is -0.199. The summed E-state index contributed by atoms with van der Waals surface area (Å²) in [4.78, 5) is 0. The lowest BCUT2D eigenvalue weighted by atomic mass is 9.43. The predicted octanol–water partition coefficient (Wildman–Crippen LogP) is 10.6. The largest absolute Gasteiger partial charge is 0.475 e. The molecule has 0 radical (unpaired) electrons. The van der Waals surface area contributed by atoms with Crippen molar-refractivity contribution in [3.8, 4) is 0 Å². The van der Waals surface area contributed by atoms with Gasteiger partial charge in [-0.25, -0.2) is 8.78 Å². The van der Waals surface area contributed by atoms with Gasteiger partial charge in [-0.1, -0.05) is 106 Å². The van der Waals surface area contributed by atoms with Crippen molar-refractivity contribution < 1.29 is 27.4 Å². The molecule has 6 saturated carbocycles. The summed E-state index contributed by atoms with van der Waals surface area (Å²) in [5.41, 5.74) is 8.77. The third-order valence-electron chi connectivity index (χ3n) is 15.1. The van der Waals surface area contributed by atoms with Crippen LogP contribution in [-0.2, 0) is 31.5 Å². The van der Waals surface area contributed by atoms with Gasteiger partial charge in [0.25, 0.3) is 0 Å². The molecule has 8 fully saturated rings. The Balaban J connectivity index is 0.000000249. The second-order valence-electron chi connectivity index (χ2n) is 21.3. The molecule has 320 valence electrons. The summed E-state index contributed by atoms with van der Waals surface area (Å²) in [5, 5.41) is 0. The number of rotatable bonds is 9. The third-order valence-corrected chi connectivity index (χ3v) is 22.7. The van der Waals surface area contributed by atoms with Gasteiger partial charge >= 0.3 is 14.2 Å². The number of hydrogen-bond donors (Lipinski definition) is 1. The van der Waals surface area contributed by atoms with E-state index in [9.17, 15) is 8.78 Å². The highest BCUT2D eigenvalue weighted by Gasteiger charge is 2.70. The maximum absolute atomic E-state index is 13.6. The summed E-state index contributed by atoms with van der Waals surface area (Å²) >= 11 is 0. The van der Waals surface area contributed by atoms with Crippen LogP contribution in [0.4, 0.5) is 8.78 Å². The van der Waals surface area contributed by atoms with E-state index < -0.39 is 16.5 Å². The summed E-state index contributed by atoms with van der Waals surface area (Å²) in [6, 6.07) is 13.5. The summed E-state index contributed by atoms with van der Waals surface area (Å²) in [7, 11) is -3.93. The van der Waals surface area contributed by atoms with E-state index in [-0.39, 0.29) is 88.4 Å². The average molecular weight is 847 g/mol. The number of benzene rings is 2. The highest BCUT2D eigenvalue weighted by Crippen LogP contribution is 2.67. The van der Waals surface area contributed by atoms with Crippen molar-refractivity contribution in [1.29, 1.82) is 0 Å². The Bertz CT molecular complexity index is 1670. The lowest BCUT2D eigenvalue weighted by Gasteiger charge is -2.64. The zero-order valence-electron chi connectivity index (χ0n) is 35.5. The zero-order chi connectivity index (χ0) is 39.4. The van der Waals surface area contributed by atoms with Crippen LogP contribution in [0.5, 0.6) is 0 Å². The van der Waals surface area contributed by atoms with Crippen LogP contribution >= 0.6 is 12.4 Å². The Hall–Kier alpha value is -1.09. The molecule has 10 rings (SSSR count). The molecule has 0 amide bonds. The van der Waals surface area contributed by atoms with Gasteiger partial charge in [-0.05, 0) is 122 Å². The van der Waals surface area contributed by atoms with Gasteiger partial charge in [-0.15, -0.1) is 12.4 Å². The average Bonchev–Trinajstić information content (AvgIpc) is 3.62. The second kappa shape index (κ2) is 16.6. The van der Waals surface area contributed by atoms with Crippen LogP contribution < -0.4 is 5.73 Å². The van der Waals surface area contributed by atoms with Crippen molar-refractivity contribution in [2.24, 2.45) is 40.2 Å². The van der Waals surface area contributed by atoms with E-state index in [0.29, 0.717) is 29.1 Å². The molecule has 0 spiro atoms. The van der Waals surface area contributed by atoms with Gasteiger partial charge in [0.2, 0.25) is 0 Å². The molecular formula is C44H75B2ClF2N2O4Si2. The SMILES string of the molecule is C.C.CC1(C)[C@@H]2C[C@H]3OB([C@@H](N)Cc4ccc(F)cc4)O[C@@]3(C)[C@H]1C2.CC1(C)[C@@H]2C[C@H]3OB([C@H](Cc4ccc(F)cc4)N([Si](C)(C)C)[Si](C)(C)C)O[C@@]3(C)[C@H]1C2.Cl. The topological polar surface area (TPSA) is 66.2 Å². The van der Waals surface area contributed by atoms with Crippen LogP contribution in [0.3, 0.4) is 0 Å². The number of hydrogen-bond acceptors (Lipinski definition) is 6. The molecule has 6 aliphatic carbocycles. The quantitative estimate of drug-likeness (QED) is 0.254. The van der Waals surface area contributed by atoms with Crippen LogP contribution in [0.25, 0.3) is 0 Å². The monoisotopic (exact) mass is 847 g/mol. The minimum atomic E-state index is -1.66. The fourth-order valence-corrected chi connectivity index (χ4v) is 22.8. The molecule has 2 heterocycles. The van der Waals surface area contributed by atoms with Crippen LogP contribution in [0.2, 0.25) is 39.3 Å². The lowest BCUT2D eigenvalue weighted by Crippen LogP contribution is -2.68. The smallest absolute Gasteiger partial charge is 0.404 e. The molecule has 2 aromatic rings. The van der Waals surface area contributed by atoms with E-state index in [1.165, 1.54) is 25.0 Å². The molecule has 6 nitrogen and oxygen atoms in total. The van der Waals surface area contributed by atoms with Crippen molar-refractivity contribution in [3.05, 3.63) is 71.3 Å². The molecule has 2 saturated heterocycles. The highest BCUT2D eigenvalue weighted by atomic mass is 35.5. The maximum atomic E-state index is 13.6. The molecule has 4 bridgehead atoms. The molecule has 0 unspecified atom stereocenters. The first-order valence-corrected chi connectivity index (χ1v) is 27.5. The van der Waals surface area contributed by atoms with Crippen molar-refractivity contribution in [3.63, 3.8) is 0 Å². The Morgan fingerprint density at radius 2 is 1.02 bits per heavy atom. The Morgan fingerprint density at radius 1 is 0.649 bits per heavy atom. The molecule has 57 heavy (non-hydrogen) atoms.